The zero-order chi connectivity index (χ0) is 16.4. The number of carboxylic acid groups (broad SMARTS) is 1. The summed E-state index contributed by atoms with van der Waals surface area (Å²) in [6.45, 7) is 0. The van der Waals surface area contributed by atoms with Gasteiger partial charge in [-0.2, -0.15) is 4.72 Å². The van der Waals surface area contributed by atoms with E-state index in [0.29, 0.717) is 0 Å². The molecule has 1 aromatic rings. The van der Waals surface area contributed by atoms with E-state index in [2.05, 4.69) is 0 Å². The number of halogens is 2. The van der Waals surface area contributed by atoms with Gasteiger partial charge in [0.1, 0.15) is 6.04 Å². The smallest absolute Gasteiger partial charge is 0.326 e. The highest BCUT2D eigenvalue weighted by Crippen LogP contribution is 2.40. The summed E-state index contributed by atoms with van der Waals surface area (Å²) in [7, 11) is -4.14. The molecule has 5 nitrogen and oxygen atoms in total. The van der Waals surface area contributed by atoms with Crippen molar-refractivity contribution in [2.24, 2.45) is 5.92 Å². The molecular weight excluding hydrogens is 316 g/mol. The highest BCUT2D eigenvalue weighted by molar-refractivity contribution is 7.89. The lowest BCUT2D eigenvalue weighted by Crippen LogP contribution is -2.39. The van der Waals surface area contributed by atoms with Crippen molar-refractivity contribution in [2.45, 2.75) is 31.2 Å². The van der Waals surface area contributed by atoms with E-state index in [0.717, 1.165) is 0 Å². The van der Waals surface area contributed by atoms with Gasteiger partial charge >= 0.3 is 5.97 Å². The predicted molar refractivity (Wildman–Crippen MR) is 76.0 cm³/mol. The van der Waals surface area contributed by atoms with Crippen LogP contribution >= 0.6 is 0 Å². The third kappa shape index (κ3) is 4.01. The average molecular weight is 333 g/mol. The molecule has 22 heavy (non-hydrogen) atoms. The molecule has 0 amide bonds. The highest BCUT2D eigenvalue weighted by Gasteiger charge is 2.46. The number of alkyl halides is 2. The van der Waals surface area contributed by atoms with E-state index in [1.807, 2.05) is 4.72 Å². The Bertz CT molecular complexity index is 634. The molecule has 1 aliphatic carbocycles. The summed E-state index contributed by atoms with van der Waals surface area (Å²) in [6, 6.07) is 6.25. The molecule has 2 N–H and O–H groups in total. The molecule has 2 atom stereocenters. The van der Waals surface area contributed by atoms with E-state index >= 15 is 0 Å². The normalized spacial score (nSPS) is 22.4. The number of nitrogens with one attached hydrogen (secondary N) is 1. The largest absolute Gasteiger partial charge is 0.480 e. The fraction of sp³-hybridized carbons (Fsp3) is 0.500. The number of hydrogen-bond donors (Lipinski definition) is 2. The molecule has 0 saturated heterocycles. The molecule has 1 fully saturated rings. The summed E-state index contributed by atoms with van der Waals surface area (Å²) in [5.41, 5.74) is 0.247. The number of benzene rings is 1. The van der Waals surface area contributed by atoms with Gasteiger partial charge in [-0.25, -0.2) is 17.2 Å². The minimum absolute atomic E-state index is 0.122. The van der Waals surface area contributed by atoms with Gasteiger partial charge in [0, 0.05) is 12.3 Å². The Morgan fingerprint density at radius 3 is 2.50 bits per heavy atom. The van der Waals surface area contributed by atoms with E-state index in [1.165, 1.54) is 12.1 Å². The minimum Gasteiger partial charge on any atom is -0.480 e. The van der Waals surface area contributed by atoms with Gasteiger partial charge < -0.3 is 5.11 Å². The lowest BCUT2D eigenvalue weighted by atomic mass is 10.1. The quantitative estimate of drug-likeness (QED) is 0.836. The van der Waals surface area contributed by atoms with Crippen LogP contribution in [0.4, 0.5) is 8.78 Å². The van der Waals surface area contributed by atoms with Gasteiger partial charge in [0.2, 0.25) is 10.0 Å². The standard InChI is InChI=1S/C14H17F2NO4S/c15-14(16)8-4-7-11(14)9-22(20,21)17-12(13(18)19)10-5-2-1-3-6-10/h1-3,5-6,11-12,17H,4,7-9H2,(H,18,19)/t11?,12-/m0/s1. The van der Waals surface area contributed by atoms with Crippen LogP contribution < -0.4 is 4.72 Å². The second kappa shape index (κ2) is 6.29. The SMILES string of the molecule is O=C(O)[C@@H](NS(=O)(=O)CC1CCCC1(F)F)c1ccccc1. The number of carboxylic acids is 1. The van der Waals surface area contributed by atoms with Gasteiger partial charge in [-0.05, 0) is 18.4 Å². The molecule has 1 unspecified atom stereocenters. The van der Waals surface area contributed by atoms with Crippen molar-refractivity contribution in [3.8, 4) is 0 Å². The van der Waals surface area contributed by atoms with Gasteiger partial charge in [0.05, 0.1) is 5.75 Å². The van der Waals surface area contributed by atoms with Crippen LogP contribution in [0.5, 0.6) is 0 Å². The minimum atomic E-state index is -4.14. The Balaban J connectivity index is 2.14. The van der Waals surface area contributed by atoms with E-state index in [9.17, 15) is 27.1 Å². The van der Waals surface area contributed by atoms with Crippen molar-refractivity contribution >= 4 is 16.0 Å². The second-order valence-electron chi connectivity index (χ2n) is 5.43. The van der Waals surface area contributed by atoms with Crippen LogP contribution in [0.2, 0.25) is 0 Å². The summed E-state index contributed by atoms with van der Waals surface area (Å²) >= 11 is 0. The first-order chi connectivity index (χ1) is 10.2. The van der Waals surface area contributed by atoms with Crippen LogP contribution in [0.3, 0.4) is 0 Å². The number of aliphatic carboxylic acids is 1. The molecule has 8 heteroatoms. The van der Waals surface area contributed by atoms with Crippen molar-refractivity contribution in [1.82, 2.24) is 4.72 Å². The van der Waals surface area contributed by atoms with Crippen LogP contribution in [-0.4, -0.2) is 31.2 Å². The van der Waals surface area contributed by atoms with Crippen molar-refractivity contribution in [3.63, 3.8) is 0 Å². The summed E-state index contributed by atoms with van der Waals surface area (Å²) in [5.74, 6) is -6.43. The molecule has 0 bridgehead atoms. The molecule has 122 valence electrons. The Labute approximate surface area is 127 Å². The Kier molecular flexibility index (Phi) is 4.81. The Hall–Kier alpha value is -1.54. The molecule has 1 aromatic carbocycles. The molecule has 0 radical (unpaired) electrons. The van der Waals surface area contributed by atoms with Crippen molar-refractivity contribution in [3.05, 3.63) is 35.9 Å². The van der Waals surface area contributed by atoms with Crippen molar-refractivity contribution in [1.29, 1.82) is 0 Å². The number of carbonyl (C=O) groups is 1. The lowest BCUT2D eigenvalue weighted by Gasteiger charge is -2.21. The first-order valence-electron chi connectivity index (χ1n) is 6.87. The Morgan fingerprint density at radius 1 is 1.36 bits per heavy atom. The van der Waals surface area contributed by atoms with Crippen LogP contribution in [0.25, 0.3) is 0 Å². The summed E-state index contributed by atoms with van der Waals surface area (Å²) in [5, 5.41) is 9.18. The number of rotatable bonds is 6. The van der Waals surface area contributed by atoms with Gasteiger partial charge in [0.25, 0.3) is 5.92 Å². The first kappa shape index (κ1) is 16.8. The molecule has 1 saturated carbocycles. The average Bonchev–Trinajstić information content (AvgIpc) is 2.75. The molecule has 0 aromatic heterocycles. The van der Waals surface area contributed by atoms with Crippen LogP contribution in [0.15, 0.2) is 30.3 Å². The van der Waals surface area contributed by atoms with Crippen LogP contribution in [-0.2, 0) is 14.8 Å². The summed E-state index contributed by atoms with van der Waals surface area (Å²) in [6.07, 6.45) is 0.0689. The summed E-state index contributed by atoms with van der Waals surface area (Å²) < 4.78 is 53.2. The van der Waals surface area contributed by atoms with Gasteiger partial charge in [0.15, 0.2) is 0 Å². The molecule has 0 aliphatic heterocycles. The fourth-order valence-corrected chi connectivity index (χ4v) is 4.24. The maximum atomic E-state index is 13.5. The molecular formula is C14H17F2NO4S. The molecule has 0 heterocycles. The maximum Gasteiger partial charge on any atom is 0.326 e. The van der Waals surface area contributed by atoms with Crippen LogP contribution in [0.1, 0.15) is 30.9 Å². The fourth-order valence-electron chi connectivity index (χ4n) is 2.60. The molecule has 1 aliphatic rings. The van der Waals surface area contributed by atoms with Gasteiger partial charge in [-0.15, -0.1) is 0 Å². The van der Waals surface area contributed by atoms with Gasteiger partial charge in [-0.3, -0.25) is 4.79 Å². The number of sulfonamides is 1. The van der Waals surface area contributed by atoms with E-state index in [-0.39, 0.29) is 24.8 Å². The third-order valence-electron chi connectivity index (χ3n) is 3.76. The number of hydrogen-bond acceptors (Lipinski definition) is 3. The van der Waals surface area contributed by atoms with E-state index < -0.39 is 39.6 Å². The predicted octanol–water partition coefficient (Wildman–Crippen LogP) is 2.17. The van der Waals surface area contributed by atoms with Crippen molar-refractivity contribution in [2.75, 3.05) is 5.75 Å². The van der Waals surface area contributed by atoms with Gasteiger partial charge in [-0.1, -0.05) is 30.3 Å². The second-order valence-corrected chi connectivity index (χ2v) is 7.23. The Morgan fingerprint density at radius 2 is 2.00 bits per heavy atom. The molecule has 0 spiro atoms. The van der Waals surface area contributed by atoms with Crippen molar-refractivity contribution < 1.29 is 27.1 Å². The zero-order valence-corrected chi connectivity index (χ0v) is 12.5. The van der Waals surface area contributed by atoms with Crippen LogP contribution in [0, 0.1) is 5.92 Å². The van der Waals surface area contributed by atoms with E-state index in [1.54, 1.807) is 18.2 Å². The van der Waals surface area contributed by atoms with E-state index in [4.69, 9.17) is 0 Å². The maximum absolute atomic E-state index is 13.5. The first-order valence-corrected chi connectivity index (χ1v) is 8.52. The lowest BCUT2D eigenvalue weighted by molar-refractivity contribution is -0.139. The molecule has 2 rings (SSSR count). The zero-order valence-electron chi connectivity index (χ0n) is 11.7. The third-order valence-corrected chi connectivity index (χ3v) is 5.19. The highest BCUT2D eigenvalue weighted by atomic mass is 32.2. The summed E-state index contributed by atoms with van der Waals surface area (Å²) in [4.78, 5) is 11.3. The monoisotopic (exact) mass is 333 g/mol. The topological polar surface area (TPSA) is 83.5 Å².